The molecule has 0 aliphatic rings. The van der Waals surface area contributed by atoms with Crippen LogP contribution in [0.15, 0.2) is 77.7 Å². The van der Waals surface area contributed by atoms with Crippen molar-refractivity contribution in [2.24, 2.45) is 0 Å². The number of amides is 2. The molecule has 3 aromatic rings. The van der Waals surface area contributed by atoms with Gasteiger partial charge in [0.05, 0.1) is 10.6 Å². The number of hydrogen-bond acceptors (Lipinski definition) is 4. The summed E-state index contributed by atoms with van der Waals surface area (Å²) in [4.78, 5) is 28.5. The molecule has 3 aromatic carbocycles. The molecule has 2 amide bonds. The van der Waals surface area contributed by atoms with Crippen molar-refractivity contribution in [1.82, 2.24) is 10.2 Å². The number of anilines is 1. The Morgan fingerprint density at radius 2 is 1.56 bits per heavy atom. The third kappa shape index (κ3) is 7.40. The molecule has 39 heavy (non-hydrogen) atoms. The highest BCUT2D eigenvalue weighted by Crippen LogP contribution is 2.31. The Balaban J connectivity index is 2.05. The van der Waals surface area contributed by atoms with E-state index in [1.165, 1.54) is 17.0 Å². The minimum Gasteiger partial charge on any atom is -0.352 e. The number of carbonyl (C=O) groups is 2. The van der Waals surface area contributed by atoms with Crippen LogP contribution in [0.3, 0.4) is 0 Å². The molecule has 0 aliphatic carbocycles. The Labute approximate surface area is 236 Å². The first-order chi connectivity index (χ1) is 18.4. The van der Waals surface area contributed by atoms with E-state index in [-0.39, 0.29) is 23.4 Å². The van der Waals surface area contributed by atoms with Crippen LogP contribution in [0.5, 0.6) is 0 Å². The van der Waals surface area contributed by atoms with E-state index in [0.717, 1.165) is 21.9 Å². The smallest absolute Gasteiger partial charge is 0.264 e. The average molecular weight is 570 g/mol. The Bertz CT molecular complexity index is 1400. The van der Waals surface area contributed by atoms with Crippen LogP contribution in [0.2, 0.25) is 5.02 Å². The van der Waals surface area contributed by atoms with Crippen LogP contribution in [-0.2, 0) is 26.2 Å². The van der Waals surface area contributed by atoms with Gasteiger partial charge >= 0.3 is 0 Å². The molecule has 0 radical (unpaired) electrons. The number of nitrogens with one attached hydrogen (secondary N) is 1. The summed E-state index contributed by atoms with van der Waals surface area (Å²) in [6, 6.07) is 19.8. The van der Waals surface area contributed by atoms with Crippen molar-refractivity contribution >= 4 is 39.1 Å². The second kappa shape index (κ2) is 13.1. The zero-order chi connectivity index (χ0) is 28.7. The molecule has 0 saturated heterocycles. The van der Waals surface area contributed by atoms with E-state index in [1.54, 1.807) is 44.2 Å². The number of nitrogens with zero attached hydrogens (tertiary/aromatic N) is 2. The lowest BCUT2D eigenvalue weighted by Gasteiger charge is -2.33. The highest BCUT2D eigenvalue weighted by molar-refractivity contribution is 7.92. The van der Waals surface area contributed by atoms with Crippen LogP contribution in [0, 0.1) is 13.8 Å². The first kappa shape index (κ1) is 30.2. The predicted octanol–water partition coefficient (Wildman–Crippen LogP) is 5.48. The molecule has 0 aliphatic heterocycles. The number of halogens is 1. The van der Waals surface area contributed by atoms with Gasteiger partial charge in [0.1, 0.15) is 12.6 Å². The van der Waals surface area contributed by atoms with Gasteiger partial charge in [-0.15, -0.1) is 0 Å². The summed E-state index contributed by atoms with van der Waals surface area (Å²) in [7, 11) is -4.15. The standard InChI is InChI=1S/C30H36ClN3O4S/c1-6-22(3)32-30(36)24(5)33(19-25-11-8-7-9-12-25)29(35)20-34(28-14-10-13-27(31)23(28)4)39(37,38)26-17-15-21(2)16-18-26/h7-18,22,24H,6,19-20H2,1-5H3,(H,32,36)/t22-,24-/m0/s1. The maximum Gasteiger partial charge on any atom is 0.264 e. The Morgan fingerprint density at radius 3 is 2.18 bits per heavy atom. The lowest BCUT2D eigenvalue weighted by molar-refractivity contribution is -0.139. The van der Waals surface area contributed by atoms with E-state index in [1.807, 2.05) is 51.1 Å². The summed E-state index contributed by atoms with van der Waals surface area (Å²) in [6.45, 7) is 8.72. The molecule has 7 nitrogen and oxygen atoms in total. The van der Waals surface area contributed by atoms with Gasteiger partial charge in [-0.05, 0) is 69.5 Å². The molecular weight excluding hydrogens is 534 g/mol. The molecule has 0 bridgehead atoms. The van der Waals surface area contributed by atoms with Crippen LogP contribution in [0.25, 0.3) is 0 Å². The van der Waals surface area contributed by atoms with E-state index in [0.29, 0.717) is 16.3 Å². The van der Waals surface area contributed by atoms with Crippen molar-refractivity contribution in [2.75, 3.05) is 10.8 Å². The van der Waals surface area contributed by atoms with Crippen molar-refractivity contribution in [3.05, 3.63) is 94.5 Å². The minimum atomic E-state index is -4.15. The van der Waals surface area contributed by atoms with E-state index < -0.39 is 28.5 Å². The minimum absolute atomic E-state index is 0.0532. The molecule has 1 N–H and O–H groups in total. The summed E-state index contributed by atoms with van der Waals surface area (Å²) in [5.74, 6) is -0.818. The largest absolute Gasteiger partial charge is 0.352 e. The fourth-order valence-corrected chi connectivity index (χ4v) is 5.69. The van der Waals surface area contributed by atoms with Crippen LogP contribution in [0.1, 0.15) is 43.9 Å². The van der Waals surface area contributed by atoms with Crippen molar-refractivity contribution in [1.29, 1.82) is 0 Å². The van der Waals surface area contributed by atoms with Gasteiger partial charge in [-0.25, -0.2) is 8.42 Å². The summed E-state index contributed by atoms with van der Waals surface area (Å²) < 4.78 is 29.0. The van der Waals surface area contributed by atoms with Crippen molar-refractivity contribution < 1.29 is 18.0 Å². The lowest BCUT2D eigenvalue weighted by Crippen LogP contribution is -2.52. The number of benzene rings is 3. The molecule has 3 rings (SSSR count). The first-order valence-corrected chi connectivity index (χ1v) is 14.8. The fraction of sp³-hybridized carbons (Fsp3) is 0.333. The Morgan fingerprint density at radius 1 is 0.923 bits per heavy atom. The van der Waals surface area contributed by atoms with Gasteiger partial charge < -0.3 is 10.2 Å². The van der Waals surface area contributed by atoms with E-state index in [9.17, 15) is 18.0 Å². The number of aryl methyl sites for hydroxylation is 1. The van der Waals surface area contributed by atoms with Gasteiger partial charge in [0, 0.05) is 17.6 Å². The molecule has 0 fully saturated rings. The highest BCUT2D eigenvalue weighted by Gasteiger charge is 2.33. The molecule has 9 heteroatoms. The maximum atomic E-state index is 14.0. The highest BCUT2D eigenvalue weighted by atomic mass is 35.5. The number of carbonyl (C=O) groups excluding carboxylic acids is 2. The van der Waals surface area contributed by atoms with Gasteiger partial charge in [-0.1, -0.05) is 72.6 Å². The van der Waals surface area contributed by atoms with Gasteiger partial charge in [0.25, 0.3) is 10.0 Å². The second-order valence-electron chi connectivity index (χ2n) is 9.71. The zero-order valence-corrected chi connectivity index (χ0v) is 24.6. The van der Waals surface area contributed by atoms with E-state index in [2.05, 4.69) is 5.32 Å². The lowest BCUT2D eigenvalue weighted by atomic mass is 10.1. The Kier molecular flexibility index (Phi) is 10.2. The normalized spacial score (nSPS) is 12.9. The quantitative estimate of drug-likeness (QED) is 0.331. The second-order valence-corrected chi connectivity index (χ2v) is 12.0. The third-order valence-electron chi connectivity index (χ3n) is 6.76. The van der Waals surface area contributed by atoms with Crippen molar-refractivity contribution in [3.8, 4) is 0 Å². The average Bonchev–Trinajstić information content (AvgIpc) is 2.92. The summed E-state index contributed by atoms with van der Waals surface area (Å²) >= 11 is 6.37. The van der Waals surface area contributed by atoms with Crippen LogP contribution in [0.4, 0.5) is 5.69 Å². The predicted molar refractivity (Wildman–Crippen MR) is 156 cm³/mol. The Hall–Kier alpha value is -3.36. The number of hydrogen-bond donors (Lipinski definition) is 1. The third-order valence-corrected chi connectivity index (χ3v) is 8.94. The SMILES string of the molecule is CC[C@H](C)NC(=O)[C@H](C)N(Cc1ccccc1)C(=O)CN(c1cccc(Cl)c1C)S(=O)(=O)c1ccc(C)cc1. The van der Waals surface area contributed by atoms with E-state index >= 15 is 0 Å². The van der Waals surface area contributed by atoms with Crippen molar-refractivity contribution in [3.63, 3.8) is 0 Å². The summed E-state index contributed by atoms with van der Waals surface area (Å²) in [6.07, 6.45) is 0.738. The molecule has 208 valence electrons. The molecular formula is C30H36ClN3O4S. The van der Waals surface area contributed by atoms with Gasteiger partial charge in [-0.3, -0.25) is 13.9 Å². The zero-order valence-electron chi connectivity index (χ0n) is 23.0. The molecule has 0 aromatic heterocycles. The van der Waals surface area contributed by atoms with Gasteiger partial charge in [0.2, 0.25) is 11.8 Å². The molecule has 0 saturated carbocycles. The summed E-state index contributed by atoms with van der Waals surface area (Å²) in [5.41, 5.74) is 2.55. The number of rotatable bonds is 11. The van der Waals surface area contributed by atoms with Crippen LogP contribution < -0.4 is 9.62 Å². The summed E-state index contributed by atoms with van der Waals surface area (Å²) in [5, 5.41) is 3.31. The van der Waals surface area contributed by atoms with Crippen molar-refractivity contribution in [2.45, 2.75) is 64.6 Å². The van der Waals surface area contributed by atoms with Crippen LogP contribution in [-0.4, -0.2) is 43.8 Å². The van der Waals surface area contributed by atoms with Gasteiger partial charge in [-0.2, -0.15) is 0 Å². The maximum absolute atomic E-state index is 14.0. The monoisotopic (exact) mass is 569 g/mol. The number of sulfonamides is 1. The molecule has 2 atom stereocenters. The topological polar surface area (TPSA) is 86.8 Å². The van der Waals surface area contributed by atoms with E-state index in [4.69, 9.17) is 11.6 Å². The molecule has 0 spiro atoms. The molecule has 0 heterocycles. The first-order valence-electron chi connectivity index (χ1n) is 12.9. The fourth-order valence-electron chi connectivity index (χ4n) is 4.05. The van der Waals surface area contributed by atoms with Crippen LogP contribution >= 0.6 is 11.6 Å². The molecule has 0 unspecified atom stereocenters. The van der Waals surface area contributed by atoms with Gasteiger partial charge in [0.15, 0.2) is 0 Å².